The minimum atomic E-state index is 0. The maximum Gasteiger partial charge on any atom is 0.263 e. The molecule has 5 heteroatoms. The number of rotatable bonds is 4. The molecule has 16 heavy (non-hydrogen) atoms. The topological polar surface area (TPSA) is 32.3 Å². The molecule has 0 radical (unpaired) electrons. The summed E-state index contributed by atoms with van der Waals surface area (Å²) in [7, 11) is 3.71. The van der Waals surface area contributed by atoms with E-state index in [4.69, 9.17) is 0 Å². The summed E-state index contributed by atoms with van der Waals surface area (Å²) in [6, 6.07) is 3.80. The van der Waals surface area contributed by atoms with Crippen LogP contribution in [0.5, 0.6) is 0 Å². The minimum absolute atomic E-state index is 0. The fourth-order valence-electron chi connectivity index (χ4n) is 1.41. The number of halogens is 1. The lowest BCUT2D eigenvalue weighted by atomic mass is 10.2. The predicted octanol–water partition coefficient (Wildman–Crippen LogP) is 2.94. The van der Waals surface area contributed by atoms with Gasteiger partial charge in [0.05, 0.1) is 9.88 Å². The van der Waals surface area contributed by atoms with E-state index in [-0.39, 0.29) is 18.3 Å². The van der Waals surface area contributed by atoms with Crippen molar-refractivity contribution in [1.82, 2.24) is 4.90 Å². The summed E-state index contributed by atoms with van der Waals surface area (Å²) in [6.07, 6.45) is 0. The lowest BCUT2D eigenvalue weighted by Gasteiger charge is -2.18. The van der Waals surface area contributed by atoms with E-state index in [9.17, 15) is 4.79 Å². The molecule has 0 bridgehead atoms. The van der Waals surface area contributed by atoms with Crippen LogP contribution >= 0.6 is 23.7 Å². The fraction of sp³-hybridized carbons (Fsp3) is 0.545. The third kappa shape index (κ3) is 4.02. The molecule has 0 aliphatic rings. The van der Waals surface area contributed by atoms with Gasteiger partial charge in [-0.3, -0.25) is 4.79 Å². The largest absolute Gasteiger partial charge is 0.380 e. The molecule has 1 amide bonds. The first-order valence-electron chi connectivity index (χ1n) is 5.07. The number of nitrogens with one attached hydrogen (secondary N) is 1. The number of thiophene rings is 1. The molecular formula is C11H19ClN2OS. The van der Waals surface area contributed by atoms with Crippen molar-refractivity contribution in [2.45, 2.75) is 13.8 Å². The van der Waals surface area contributed by atoms with Crippen molar-refractivity contribution in [2.75, 3.05) is 26.0 Å². The number of carbonyl (C=O) groups excluding carboxylic acids is 1. The van der Waals surface area contributed by atoms with Gasteiger partial charge in [0.2, 0.25) is 0 Å². The monoisotopic (exact) mass is 262 g/mol. The predicted molar refractivity (Wildman–Crippen MR) is 72.9 cm³/mol. The Kier molecular flexibility index (Phi) is 6.45. The fourth-order valence-corrected chi connectivity index (χ4v) is 2.26. The van der Waals surface area contributed by atoms with Gasteiger partial charge in [0.15, 0.2) is 0 Å². The normalized spacial score (nSPS) is 9.81. The number of carbonyl (C=O) groups is 1. The zero-order valence-corrected chi connectivity index (χ0v) is 11.7. The van der Waals surface area contributed by atoms with Gasteiger partial charge in [-0.25, -0.2) is 0 Å². The summed E-state index contributed by atoms with van der Waals surface area (Å²) >= 11 is 1.49. The zero-order chi connectivity index (χ0) is 11.4. The molecule has 0 aliphatic carbocycles. The molecule has 0 unspecified atom stereocenters. The summed E-state index contributed by atoms with van der Waals surface area (Å²) in [5.41, 5.74) is 0. The van der Waals surface area contributed by atoms with Crippen LogP contribution < -0.4 is 5.32 Å². The number of hydrogen-bond donors (Lipinski definition) is 1. The molecule has 0 atom stereocenters. The molecule has 1 aromatic rings. The van der Waals surface area contributed by atoms with Crippen LogP contribution in [0.15, 0.2) is 12.1 Å². The van der Waals surface area contributed by atoms with E-state index in [0.717, 1.165) is 16.4 Å². The molecule has 3 nitrogen and oxygen atoms in total. The minimum Gasteiger partial charge on any atom is -0.380 e. The van der Waals surface area contributed by atoms with E-state index in [1.165, 1.54) is 11.3 Å². The number of nitrogens with zero attached hydrogens (tertiary/aromatic N) is 1. The summed E-state index contributed by atoms with van der Waals surface area (Å²) in [4.78, 5) is 14.5. The molecule has 1 N–H and O–H groups in total. The highest BCUT2D eigenvalue weighted by Gasteiger charge is 2.14. The number of anilines is 1. The molecule has 0 saturated heterocycles. The van der Waals surface area contributed by atoms with Crippen molar-refractivity contribution in [1.29, 1.82) is 0 Å². The molecule has 0 fully saturated rings. The third-order valence-corrected chi connectivity index (χ3v) is 3.14. The van der Waals surface area contributed by atoms with Gasteiger partial charge < -0.3 is 10.2 Å². The smallest absolute Gasteiger partial charge is 0.263 e. The lowest BCUT2D eigenvalue weighted by molar-refractivity contribution is 0.0784. The summed E-state index contributed by atoms with van der Waals surface area (Å²) in [5, 5.41) is 4.05. The van der Waals surface area contributed by atoms with E-state index in [1.54, 1.807) is 4.90 Å². The lowest BCUT2D eigenvalue weighted by Crippen LogP contribution is -2.29. The highest BCUT2D eigenvalue weighted by atomic mass is 35.5. The van der Waals surface area contributed by atoms with Crippen molar-refractivity contribution in [3.05, 3.63) is 17.0 Å². The summed E-state index contributed by atoms with van der Waals surface area (Å²) < 4.78 is 0. The van der Waals surface area contributed by atoms with E-state index in [1.807, 2.05) is 26.2 Å². The molecule has 0 spiro atoms. The Hall–Kier alpha value is -0.740. The van der Waals surface area contributed by atoms with Crippen LogP contribution in [0, 0.1) is 5.92 Å². The van der Waals surface area contributed by atoms with Gasteiger partial charge in [0.1, 0.15) is 0 Å². The molecule has 1 heterocycles. The standard InChI is InChI=1S/C11H18N2OS.ClH/c1-8(2)7-13(4)11(14)9-5-6-10(12-3)15-9;/h5-6,8,12H,7H2,1-4H3;1H. The SMILES string of the molecule is CNc1ccc(C(=O)N(C)CC(C)C)s1.Cl. The van der Waals surface area contributed by atoms with Crippen molar-refractivity contribution < 1.29 is 4.79 Å². The van der Waals surface area contributed by atoms with Crippen LogP contribution in [-0.2, 0) is 0 Å². The van der Waals surface area contributed by atoms with Gasteiger partial charge in [0.25, 0.3) is 5.91 Å². The first kappa shape index (κ1) is 15.3. The van der Waals surface area contributed by atoms with Crippen molar-refractivity contribution >= 4 is 34.7 Å². The van der Waals surface area contributed by atoms with Gasteiger partial charge in [-0.1, -0.05) is 13.8 Å². The average Bonchev–Trinajstić information content (AvgIpc) is 2.63. The van der Waals surface area contributed by atoms with Crippen LogP contribution in [0.25, 0.3) is 0 Å². The first-order valence-corrected chi connectivity index (χ1v) is 5.89. The molecular weight excluding hydrogens is 244 g/mol. The van der Waals surface area contributed by atoms with Crippen molar-refractivity contribution in [3.8, 4) is 0 Å². The zero-order valence-electron chi connectivity index (χ0n) is 10.1. The van der Waals surface area contributed by atoms with Crippen LogP contribution in [0.2, 0.25) is 0 Å². The van der Waals surface area contributed by atoms with Crippen LogP contribution in [0.4, 0.5) is 5.00 Å². The number of amides is 1. The van der Waals surface area contributed by atoms with Gasteiger partial charge >= 0.3 is 0 Å². The van der Waals surface area contributed by atoms with Crippen LogP contribution in [-0.4, -0.2) is 31.4 Å². The Balaban J connectivity index is 0.00000225. The first-order chi connectivity index (χ1) is 7.04. The molecule has 0 aliphatic heterocycles. The van der Waals surface area contributed by atoms with E-state index >= 15 is 0 Å². The molecule has 1 aromatic heterocycles. The van der Waals surface area contributed by atoms with Crippen molar-refractivity contribution in [3.63, 3.8) is 0 Å². The Bertz CT molecular complexity index is 338. The Labute approximate surface area is 107 Å². The van der Waals surface area contributed by atoms with Crippen LogP contribution in [0.3, 0.4) is 0 Å². The quantitative estimate of drug-likeness (QED) is 0.905. The maximum atomic E-state index is 11.9. The Morgan fingerprint density at radius 1 is 1.50 bits per heavy atom. The second kappa shape index (κ2) is 6.76. The van der Waals surface area contributed by atoms with E-state index in [0.29, 0.717) is 5.92 Å². The van der Waals surface area contributed by atoms with Gasteiger partial charge in [-0.15, -0.1) is 23.7 Å². The summed E-state index contributed by atoms with van der Waals surface area (Å²) in [6.45, 7) is 5.01. The Morgan fingerprint density at radius 3 is 2.56 bits per heavy atom. The molecule has 0 saturated carbocycles. The number of hydrogen-bond acceptors (Lipinski definition) is 3. The van der Waals surface area contributed by atoms with Gasteiger partial charge in [-0.2, -0.15) is 0 Å². The van der Waals surface area contributed by atoms with E-state index in [2.05, 4.69) is 19.2 Å². The maximum absolute atomic E-state index is 11.9. The molecule has 92 valence electrons. The molecule has 0 aromatic carbocycles. The third-order valence-electron chi connectivity index (χ3n) is 2.05. The van der Waals surface area contributed by atoms with Gasteiger partial charge in [-0.05, 0) is 18.1 Å². The Morgan fingerprint density at radius 2 is 2.12 bits per heavy atom. The van der Waals surface area contributed by atoms with Gasteiger partial charge in [0, 0.05) is 20.6 Å². The highest BCUT2D eigenvalue weighted by Crippen LogP contribution is 2.22. The van der Waals surface area contributed by atoms with E-state index < -0.39 is 0 Å². The summed E-state index contributed by atoms with van der Waals surface area (Å²) in [5.74, 6) is 0.609. The average molecular weight is 263 g/mol. The van der Waals surface area contributed by atoms with Crippen molar-refractivity contribution in [2.24, 2.45) is 5.92 Å². The second-order valence-electron chi connectivity index (χ2n) is 3.99. The van der Waals surface area contributed by atoms with Crippen LogP contribution in [0.1, 0.15) is 23.5 Å². The second-order valence-corrected chi connectivity index (χ2v) is 5.08. The highest BCUT2D eigenvalue weighted by molar-refractivity contribution is 7.17. The molecule has 1 rings (SSSR count).